The lowest BCUT2D eigenvalue weighted by molar-refractivity contribution is -0.134. The molecule has 0 bridgehead atoms. The molecular weight excluding hydrogens is 669 g/mol. The van der Waals surface area contributed by atoms with Gasteiger partial charge in [0.1, 0.15) is 24.2 Å². The maximum Gasteiger partial charge on any atom is 0.251 e. The molecule has 12 nitrogen and oxygen atoms in total. The molecule has 3 unspecified atom stereocenters. The molecule has 4 atom stereocenters. The number of nitrogens with two attached hydrogens (primary N) is 1. The highest BCUT2D eigenvalue weighted by molar-refractivity contribution is 8.00. The zero-order valence-corrected chi connectivity index (χ0v) is 29.7. The quantitative estimate of drug-likeness (QED) is 0.217. The van der Waals surface area contributed by atoms with E-state index in [0.29, 0.717) is 18.4 Å². The van der Waals surface area contributed by atoms with Gasteiger partial charge in [-0.2, -0.15) is 0 Å². The van der Waals surface area contributed by atoms with Crippen molar-refractivity contribution in [1.82, 2.24) is 26.6 Å². The van der Waals surface area contributed by atoms with Gasteiger partial charge in [-0.15, -0.1) is 11.8 Å². The number of benzene rings is 3. The third kappa shape index (κ3) is 12.0. The third-order valence-electron chi connectivity index (χ3n) is 8.45. The molecule has 0 saturated carbocycles. The molecule has 0 aliphatic carbocycles. The first-order valence-electron chi connectivity index (χ1n) is 17.1. The van der Waals surface area contributed by atoms with Crippen molar-refractivity contribution >= 4 is 47.2 Å². The molecule has 13 heteroatoms. The summed E-state index contributed by atoms with van der Waals surface area (Å²) in [5.74, 6) is -3.56. The predicted molar refractivity (Wildman–Crippen MR) is 197 cm³/mol. The van der Waals surface area contributed by atoms with E-state index in [9.17, 15) is 28.8 Å². The Hall–Kier alpha value is -5.17. The average molecular weight is 715 g/mol. The van der Waals surface area contributed by atoms with Crippen LogP contribution in [0.15, 0.2) is 84.9 Å². The first kappa shape index (κ1) is 38.6. The summed E-state index contributed by atoms with van der Waals surface area (Å²) in [6.45, 7) is 3.77. The van der Waals surface area contributed by atoms with Crippen LogP contribution in [0.2, 0.25) is 0 Å². The summed E-state index contributed by atoms with van der Waals surface area (Å²) < 4.78 is 0. The molecule has 1 aliphatic heterocycles. The molecule has 1 saturated heterocycles. The highest BCUT2D eigenvalue weighted by atomic mass is 32.2. The summed E-state index contributed by atoms with van der Waals surface area (Å²) in [6, 6.07) is 21.9. The molecule has 6 amide bonds. The van der Waals surface area contributed by atoms with Gasteiger partial charge in [-0.05, 0) is 54.0 Å². The lowest BCUT2D eigenvalue weighted by Crippen LogP contribution is -2.58. The van der Waals surface area contributed by atoms with Crippen LogP contribution in [0, 0.1) is 5.92 Å². The monoisotopic (exact) mass is 714 g/mol. The van der Waals surface area contributed by atoms with E-state index in [-0.39, 0.29) is 36.8 Å². The molecule has 0 aromatic heterocycles. The number of amides is 6. The molecule has 1 heterocycles. The number of rotatable bonds is 7. The molecular formula is C38H46N6O6S. The van der Waals surface area contributed by atoms with Gasteiger partial charge < -0.3 is 32.3 Å². The Balaban J connectivity index is 1.52. The van der Waals surface area contributed by atoms with E-state index in [1.807, 2.05) is 72.8 Å². The van der Waals surface area contributed by atoms with Gasteiger partial charge >= 0.3 is 0 Å². The van der Waals surface area contributed by atoms with Crippen LogP contribution in [0.5, 0.6) is 0 Å². The Morgan fingerprint density at radius 3 is 2.10 bits per heavy atom. The average Bonchev–Trinajstić information content (AvgIpc) is 3.12. The maximum absolute atomic E-state index is 13.6. The smallest absolute Gasteiger partial charge is 0.251 e. The molecule has 3 aromatic rings. The van der Waals surface area contributed by atoms with E-state index in [1.54, 1.807) is 26.0 Å². The van der Waals surface area contributed by atoms with Crippen molar-refractivity contribution < 1.29 is 28.8 Å². The first-order valence-corrected chi connectivity index (χ1v) is 18.2. The van der Waals surface area contributed by atoms with Gasteiger partial charge in [0.15, 0.2) is 0 Å². The Morgan fingerprint density at radius 1 is 0.804 bits per heavy atom. The van der Waals surface area contributed by atoms with E-state index in [2.05, 4.69) is 26.6 Å². The normalized spacial score (nSPS) is 21.5. The van der Waals surface area contributed by atoms with Gasteiger partial charge in [0.2, 0.25) is 29.5 Å². The Kier molecular flexibility index (Phi) is 14.6. The highest BCUT2D eigenvalue weighted by Crippen LogP contribution is 2.19. The molecule has 3 aromatic carbocycles. The first-order chi connectivity index (χ1) is 24.5. The summed E-state index contributed by atoms with van der Waals surface area (Å²) in [6.07, 6.45) is 1.29. The SMILES string of the molecule is CC(C)C1NC(=O)C(Cc2ccccc2)NC(=O)CSC[C@H](NC(=O)c2ccc(-c3ccccc3)cc2)C(=O)NCCCCC(C(N)=O)NC1=O. The fraction of sp³-hybridized carbons (Fsp3) is 0.368. The van der Waals surface area contributed by atoms with Crippen LogP contribution < -0.4 is 32.3 Å². The van der Waals surface area contributed by atoms with Gasteiger partial charge in [0.25, 0.3) is 5.91 Å². The van der Waals surface area contributed by atoms with Crippen molar-refractivity contribution in [3.05, 3.63) is 96.1 Å². The number of hydrogen-bond donors (Lipinski definition) is 6. The van der Waals surface area contributed by atoms with Gasteiger partial charge in [-0.25, -0.2) is 0 Å². The molecule has 270 valence electrons. The Labute approximate surface area is 302 Å². The van der Waals surface area contributed by atoms with E-state index in [4.69, 9.17) is 5.73 Å². The molecule has 0 spiro atoms. The van der Waals surface area contributed by atoms with E-state index >= 15 is 0 Å². The number of hydrogen-bond acceptors (Lipinski definition) is 7. The predicted octanol–water partition coefficient (Wildman–Crippen LogP) is 2.32. The van der Waals surface area contributed by atoms with Gasteiger partial charge in [-0.3, -0.25) is 28.8 Å². The van der Waals surface area contributed by atoms with E-state index in [1.165, 1.54) is 0 Å². The number of thioether (sulfide) groups is 1. The second-order valence-corrected chi connectivity index (χ2v) is 13.8. The number of primary amides is 1. The summed E-state index contributed by atoms with van der Waals surface area (Å²) >= 11 is 1.14. The minimum Gasteiger partial charge on any atom is -0.368 e. The van der Waals surface area contributed by atoms with Crippen LogP contribution in [0.3, 0.4) is 0 Å². The van der Waals surface area contributed by atoms with Crippen LogP contribution >= 0.6 is 11.8 Å². The van der Waals surface area contributed by atoms with Crippen molar-refractivity contribution in [2.75, 3.05) is 18.1 Å². The van der Waals surface area contributed by atoms with Crippen LogP contribution in [0.25, 0.3) is 11.1 Å². The second kappa shape index (κ2) is 19.3. The lowest BCUT2D eigenvalue weighted by atomic mass is 10.00. The zero-order chi connectivity index (χ0) is 36.8. The molecule has 7 N–H and O–H groups in total. The van der Waals surface area contributed by atoms with Crippen LogP contribution in [0.4, 0.5) is 0 Å². The molecule has 4 rings (SSSR count). The zero-order valence-electron chi connectivity index (χ0n) is 28.9. The number of carbonyl (C=O) groups excluding carboxylic acids is 6. The van der Waals surface area contributed by atoms with E-state index in [0.717, 1.165) is 28.5 Å². The lowest BCUT2D eigenvalue weighted by Gasteiger charge is -2.27. The van der Waals surface area contributed by atoms with Crippen molar-refractivity contribution in [2.24, 2.45) is 11.7 Å². The number of carbonyl (C=O) groups is 6. The van der Waals surface area contributed by atoms with Crippen LogP contribution in [-0.4, -0.2) is 77.7 Å². The minimum absolute atomic E-state index is 0.0836. The standard InChI is InChI=1S/C38H46N6O6S/c1-24(2)33-38(50)42-29(34(39)46)15-9-10-20-40-36(48)31(43-35(47)28-18-16-27(17-19-28)26-13-7-4-8-14-26)22-51-23-32(45)41-30(37(49)44-33)21-25-11-5-3-6-12-25/h3-8,11-14,16-19,24,29-31,33H,9-10,15,20-23H2,1-2H3,(H2,39,46)(H,40,48)(H,41,45)(H,42,50)(H,43,47)(H,44,49)/t29?,30?,31-,33?/m0/s1. The summed E-state index contributed by atoms with van der Waals surface area (Å²) in [5.41, 5.74) is 8.72. The summed E-state index contributed by atoms with van der Waals surface area (Å²) in [5, 5.41) is 13.8. The van der Waals surface area contributed by atoms with Crippen molar-refractivity contribution in [3.63, 3.8) is 0 Å². The second-order valence-electron chi connectivity index (χ2n) is 12.8. The van der Waals surface area contributed by atoms with E-state index < -0.39 is 59.6 Å². The molecule has 1 aliphatic rings. The number of nitrogens with one attached hydrogen (secondary N) is 5. The van der Waals surface area contributed by atoms with Gasteiger partial charge in [0, 0.05) is 24.3 Å². The van der Waals surface area contributed by atoms with Crippen LogP contribution in [0.1, 0.15) is 49.0 Å². The highest BCUT2D eigenvalue weighted by Gasteiger charge is 2.31. The van der Waals surface area contributed by atoms with Gasteiger partial charge in [-0.1, -0.05) is 86.6 Å². The van der Waals surface area contributed by atoms with Crippen molar-refractivity contribution in [1.29, 1.82) is 0 Å². The topological polar surface area (TPSA) is 189 Å². The molecule has 51 heavy (non-hydrogen) atoms. The largest absolute Gasteiger partial charge is 0.368 e. The summed E-state index contributed by atoms with van der Waals surface area (Å²) in [7, 11) is 0. The fourth-order valence-electron chi connectivity index (χ4n) is 5.58. The third-order valence-corrected chi connectivity index (χ3v) is 9.49. The van der Waals surface area contributed by atoms with Crippen molar-refractivity contribution in [3.8, 4) is 11.1 Å². The molecule has 1 fully saturated rings. The molecule has 0 radical (unpaired) electrons. The van der Waals surface area contributed by atoms with Gasteiger partial charge in [0.05, 0.1) is 5.75 Å². The fourth-order valence-corrected chi connectivity index (χ4v) is 6.43. The summed E-state index contributed by atoms with van der Waals surface area (Å²) in [4.78, 5) is 79.0. The maximum atomic E-state index is 13.6. The Bertz CT molecular complexity index is 1650. The Morgan fingerprint density at radius 2 is 1.45 bits per heavy atom. The van der Waals surface area contributed by atoms with Crippen molar-refractivity contribution in [2.45, 2.75) is 63.7 Å². The van der Waals surface area contributed by atoms with Crippen LogP contribution in [-0.2, 0) is 30.4 Å². The minimum atomic E-state index is -1.03.